The number of nitrogens with two attached hydrogens (primary N) is 1. The normalized spacial score (nSPS) is 11.3. The molecule has 0 unspecified atom stereocenters. The second kappa shape index (κ2) is 6.31. The molecule has 4 nitrogen and oxygen atoms in total. The molecule has 0 atom stereocenters. The molecule has 0 saturated heterocycles. The van der Waals surface area contributed by atoms with E-state index in [2.05, 4.69) is 27.6 Å². The summed E-state index contributed by atoms with van der Waals surface area (Å²) in [6, 6.07) is 15.8. The Morgan fingerprint density at radius 3 is 2.68 bits per heavy atom. The Bertz CT molecular complexity index is 867. The van der Waals surface area contributed by atoms with Crippen LogP contribution < -0.4 is 5.73 Å². The van der Waals surface area contributed by atoms with Crippen LogP contribution in [-0.4, -0.2) is 16.7 Å². The lowest BCUT2D eigenvalue weighted by molar-refractivity contribution is -0.118. The van der Waals surface area contributed by atoms with Gasteiger partial charge in [-0.1, -0.05) is 30.3 Å². The van der Waals surface area contributed by atoms with Crippen molar-refractivity contribution in [2.75, 3.05) is 0 Å². The van der Waals surface area contributed by atoms with Crippen LogP contribution in [-0.2, 0) is 11.3 Å². The highest BCUT2D eigenvalue weighted by molar-refractivity contribution is 14.1. The Hall–Kier alpha value is -2.15. The SMILES string of the molecule is NC(=O)Cn1cc(C=Nc2ccccc2I)c2ccccc21. The summed E-state index contributed by atoms with van der Waals surface area (Å²) in [4.78, 5) is 15.8. The molecule has 2 N–H and O–H groups in total. The maximum Gasteiger partial charge on any atom is 0.237 e. The van der Waals surface area contributed by atoms with Crippen molar-refractivity contribution in [1.82, 2.24) is 4.57 Å². The van der Waals surface area contributed by atoms with Crippen LogP contribution in [0.15, 0.2) is 59.7 Å². The summed E-state index contributed by atoms with van der Waals surface area (Å²) in [5, 5.41) is 1.05. The first-order valence-corrected chi connectivity index (χ1v) is 7.88. The minimum absolute atomic E-state index is 0.164. The number of hydrogen-bond acceptors (Lipinski definition) is 2. The molecule has 110 valence electrons. The summed E-state index contributed by atoms with van der Waals surface area (Å²) in [5.74, 6) is -0.359. The maximum atomic E-state index is 11.2. The van der Waals surface area contributed by atoms with Crippen molar-refractivity contribution < 1.29 is 4.79 Å². The highest BCUT2D eigenvalue weighted by atomic mass is 127. The smallest absolute Gasteiger partial charge is 0.237 e. The van der Waals surface area contributed by atoms with Gasteiger partial charge in [0, 0.05) is 32.4 Å². The molecule has 0 spiro atoms. The molecule has 1 amide bonds. The number of carbonyl (C=O) groups is 1. The molecular formula is C17H14IN3O. The van der Waals surface area contributed by atoms with Gasteiger partial charge in [-0.05, 0) is 40.8 Å². The van der Waals surface area contributed by atoms with Crippen molar-refractivity contribution in [3.8, 4) is 0 Å². The van der Waals surface area contributed by atoms with Crippen LogP contribution in [0.25, 0.3) is 10.9 Å². The first-order chi connectivity index (χ1) is 10.6. The molecule has 0 aliphatic heterocycles. The molecule has 5 heteroatoms. The Morgan fingerprint density at radius 1 is 1.18 bits per heavy atom. The summed E-state index contributed by atoms with van der Waals surface area (Å²) in [5.41, 5.74) is 8.19. The van der Waals surface area contributed by atoms with Crippen LogP contribution in [0.2, 0.25) is 0 Å². The zero-order chi connectivity index (χ0) is 15.5. The molecule has 0 saturated carbocycles. The average Bonchev–Trinajstić information content (AvgIpc) is 2.84. The van der Waals surface area contributed by atoms with Crippen molar-refractivity contribution in [2.45, 2.75) is 6.54 Å². The second-order valence-electron chi connectivity index (χ2n) is 4.91. The number of rotatable bonds is 4. The van der Waals surface area contributed by atoms with Gasteiger partial charge in [0.1, 0.15) is 6.54 Å². The standard InChI is InChI=1S/C17H14IN3O/c18-14-6-2-3-7-15(14)20-9-12-10-21(11-17(19)22)16-8-4-1-5-13(12)16/h1-10H,11H2,(H2,19,22). The molecule has 22 heavy (non-hydrogen) atoms. The number of halogens is 1. The molecular weight excluding hydrogens is 389 g/mol. The maximum absolute atomic E-state index is 11.2. The number of benzene rings is 2. The Labute approximate surface area is 141 Å². The average molecular weight is 403 g/mol. The van der Waals surface area contributed by atoms with Gasteiger partial charge in [0.2, 0.25) is 5.91 Å². The third-order valence-corrected chi connectivity index (χ3v) is 4.25. The fourth-order valence-electron chi connectivity index (χ4n) is 2.37. The third kappa shape index (κ3) is 3.04. The molecule has 1 heterocycles. The fourth-order valence-corrected chi connectivity index (χ4v) is 2.90. The van der Waals surface area contributed by atoms with Gasteiger partial charge in [0.05, 0.1) is 5.69 Å². The number of fused-ring (bicyclic) bond motifs is 1. The van der Waals surface area contributed by atoms with Gasteiger partial charge < -0.3 is 10.3 Å². The van der Waals surface area contributed by atoms with Gasteiger partial charge in [0.15, 0.2) is 0 Å². The van der Waals surface area contributed by atoms with Crippen molar-refractivity contribution >= 4 is 51.3 Å². The van der Waals surface area contributed by atoms with Crippen molar-refractivity contribution in [2.24, 2.45) is 10.7 Å². The molecule has 1 aromatic heterocycles. The van der Waals surface area contributed by atoms with E-state index in [1.165, 1.54) is 0 Å². The summed E-state index contributed by atoms with van der Waals surface area (Å²) in [6.45, 7) is 0.164. The lowest BCUT2D eigenvalue weighted by atomic mass is 10.2. The highest BCUT2D eigenvalue weighted by Crippen LogP contribution is 2.23. The van der Waals surface area contributed by atoms with Gasteiger partial charge in [-0.3, -0.25) is 9.79 Å². The van der Waals surface area contributed by atoms with Crippen LogP contribution >= 0.6 is 22.6 Å². The summed E-state index contributed by atoms with van der Waals surface area (Å²) < 4.78 is 2.95. The first kappa shape index (κ1) is 14.8. The predicted octanol–water partition coefficient (Wildman–Crippen LogP) is 3.48. The monoisotopic (exact) mass is 403 g/mol. The lowest BCUT2D eigenvalue weighted by Gasteiger charge is -2.00. The van der Waals surface area contributed by atoms with Crippen LogP contribution in [0.1, 0.15) is 5.56 Å². The molecule has 0 aliphatic rings. The number of para-hydroxylation sites is 2. The molecule has 0 bridgehead atoms. The summed E-state index contributed by atoms with van der Waals surface area (Å²) in [7, 11) is 0. The first-order valence-electron chi connectivity index (χ1n) is 6.80. The van der Waals surface area contributed by atoms with E-state index in [0.717, 1.165) is 25.7 Å². The minimum Gasteiger partial charge on any atom is -0.368 e. The van der Waals surface area contributed by atoms with E-state index in [-0.39, 0.29) is 12.5 Å². The molecule has 0 fully saturated rings. The van der Waals surface area contributed by atoms with Gasteiger partial charge in [-0.2, -0.15) is 0 Å². The number of carbonyl (C=O) groups excluding carboxylic acids is 1. The predicted molar refractivity (Wildman–Crippen MR) is 97.5 cm³/mol. The van der Waals surface area contributed by atoms with Crippen LogP contribution in [0, 0.1) is 3.57 Å². The van der Waals surface area contributed by atoms with Crippen molar-refractivity contribution in [3.63, 3.8) is 0 Å². The van der Waals surface area contributed by atoms with E-state index in [1.807, 2.05) is 65.5 Å². The van der Waals surface area contributed by atoms with Gasteiger partial charge in [0.25, 0.3) is 0 Å². The number of nitrogens with zero attached hydrogens (tertiary/aromatic N) is 2. The van der Waals surface area contributed by atoms with Crippen LogP contribution in [0.4, 0.5) is 5.69 Å². The third-order valence-electron chi connectivity index (χ3n) is 3.34. The Balaban J connectivity index is 2.04. The number of amides is 1. The number of aromatic nitrogens is 1. The topological polar surface area (TPSA) is 60.4 Å². The van der Waals surface area contributed by atoms with Crippen LogP contribution in [0.3, 0.4) is 0 Å². The van der Waals surface area contributed by atoms with E-state index < -0.39 is 0 Å². The van der Waals surface area contributed by atoms with Gasteiger partial charge >= 0.3 is 0 Å². The number of hydrogen-bond donors (Lipinski definition) is 1. The fraction of sp³-hybridized carbons (Fsp3) is 0.0588. The summed E-state index contributed by atoms with van der Waals surface area (Å²) >= 11 is 2.26. The second-order valence-corrected chi connectivity index (χ2v) is 6.07. The Kier molecular flexibility index (Phi) is 4.24. The molecule has 0 radical (unpaired) electrons. The van der Waals surface area contributed by atoms with E-state index in [0.29, 0.717) is 0 Å². The number of aliphatic imine (C=N–C) groups is 1. The van der Waals surface area contributed by atoms with E-state index in [1.54, 1.807) is 0 Å². The van der Waals surface area contributed by atoms with Crippen molar-refractivity contribution in [3.05, 3.63) is 63.9 Å². The molecule has 3 rings (SSSR count). The van der Waals surface area contributed by atoms with Crippen molar-refractivity contribution in [1.29, 1.82) is 0 Å². The number of primary amides is 1. The van der Waals surface area contributed by atoms with E-state index in [9.17, 15) is 4.79 Å². The van der Waals surface area contributed by atoms with Gasteiger partial charge in [-0.15, -0.1) is 0 Å². The van der Waals surface area contributed by atoms with Gasteiger partial charge in [-0.25, -0.2) is 0 Å². The Morgan fingerprint density at radius 2 is 1.91 bits per heavy atom. The lowest BCUT2D eigenvalue weighted by Crippen LogP contribution is -2.17. The highest BCUT2D eigenvalue weighted by Gasteiger charge is 2.08. The summed E-state index contributed by atoms with van der Waals surface area (Å²) in [6.07, 6.45) is 3.74. The zero-order valence-electron chi connectivity index (χ0n) is 11.7. The van der Waals surface area contributed by atoms with Crippen LogP contribution in [0.5, 0.6) is 0 Å². The largest absolute Gasteiger partial charge is 0.368 e. The molecule has 0 aliphatic carbocycles. The van der Waals surface area contributed by atoms with E-state index in [4.69, 9.17) is 5.73 Å². The molecule has 2 aromatic carbocycles. The molecule has 3 aromatic rings. The quantitative estimate of drug-likeness (QED) is 0.526. The van der Waals surface area contributed by atoms with E-state index >= 15 is 0 Å². The minimum atomic E-state index is -0.359. The zero-order valence-corrected chi connectivity index (χ0v) is 13.9.